The van der Waals surface area contributed by atoms with Gasteiger partial charge in [-0.1, -0.05) is 11.8 Å². The summed E-state index contributed by atoms with van der Waals surface area (Å²) in [6, 6.07) is 7.40. The van der Waals surface area contributed by atoms with Gasteiger partial charge in [-0.2, -0.15) is 4.98 Å². The fourth-order valence-electron chi connectivity index (χ4n) is 2.25. The van der Waals surface area contributed by atoms with Gasteiger partial charge >= 0.3 is 0 Å². The Bertz CT molecular complexity index is 1000. The maximum atomic E-state index is 13.0. The van der Waals surface area contributed by atoms with Crippen LogP contribution in [-0.2, 0) is 11.3 Å². The zero-order valence-corrected chi connectivity index (χ0v) is 16.3. The molecule has 0 aliphatic rings. The highest BCUT2D eigenvalue weighted by Gasteiger charge is 2.18. The summed E-state index contributed by atoms with van der Waals surface area (Å²) in [7, 11) is 0. The first-order valence-corrected chi connectivity index (χ1v) is 9.98. The van der Waals surface area contributed by atoms with Gasteiger partial charge in [0.25, 0.3) is 5.56 Å². The van der Waals surface area contributed by atoms with E-state index < -0.39 is 5.25 Å². The van der Waals surface area contributed by atoms with Crippen LogP contribution in [0.3, 0.4) is 0 Å². The Balaban J connectivity index is 1.68. The number of benzene rings is 1. The zero-order chi connectivity index (χ0) is 19.4. The van der Waals surface area contributed by atoms with E-state index >= 15 is 0 Å². The second-order valence-electron chi connectivity index (χ2n) is 5.63. The molecule has 1 N–H and O–H groups in total. The minimum absolute atomic E-state index is 0.235. The number of nitrogens with zero attached hydrogens (tertiary/aromatic N) is 3. The molecule has 27 heavy (non-hydrogen) atoms. The fraction of sp³-hybridized carbons (Fsp3) is 0.222. The Morgan fingerprint density at radius 2 is 2.04 bits per heavy atom. The van der Waals surface area contributed by atoms with Crippen molar-refractivity contribution in [2.24, 2.45) is 0 Å². The molecule has 0 radical (unpaired) electrons. The van der Waals surface area contributed by atoms with Gasteiger partial charge in [0.2, 0.25) is 5.91 Å². The summed E-state index contributed by atoms with van der Waals surface area (Å²) >= 11 is 2.51. The van der Waals surface area contributed by atoms with E-state index in [0.717, 1.165) is 5.56 Å². The zero-order valence-electron chi connectivity index (χ0n) is 14.7. The van der Waals surface area contributed by atoms with E-state index in [1.807, 2.05) is 11.5 Å². The molecule has 3 aromatic rings. The van der Waals surface area contributed by atoms with Gasteiger partial charge in [0.05, 0.1) is 10.9 Å². The van der Waals surface area contributed by atoms with Crippen molar-refractivity contribution >= 4 is 34.1 Å². The predicted octanol–water partition coefficient (Wildman–Crippen LogP) is 3.65. The van der Waals surface area contributed by atoms with Gasteiger partial charge in [0.15, 0.2) is 10.3 Å². The van der Waals surface area contributed by atoms with E-state index in [1.54, 1.807) is 30.6 Å². The minimum atomic E-state index is -0.463. The SMILES string of the molecule is CCn1ccc(=O)nc1SC(C)C(=O)Nc1nc(-c2ccc(F)cc2)cs1. The molecule has 3 rings (SSSR count). The molecule has 0 aliphatic carbocycles. The van der Waals surface area contributed by atoms with Crippen LogP contribution in [0.2, 0.25) is 0 Å². The first-order valence-electron chi connectivity index (χ1n) is 8.22. The van der Waals surface area contributed by atoms with Crippen molar-refractivity contribution in [2.75, 3.05) is 5.32 Å². The number of carbonyl (C=O) groups excluding carboxylic acids is 1. The smallest absolute Gasteiger partial charge is 0.273 e. The monoisotopic (exact) mass is 404 g/mol. The lowest BCUT2D eigenvalue weighted by Gasteiger charge is -2.13. The number of aromatic nitrogens is 3. The lowest BCUT2D eigenvalue weighted by molar-refractivity contribution is -0.115. The lowest BCUT2D eigenvalue weighted by Crippen LogP contribution is -2.24. The van der Waals surface area contributed by atoms with E-state index in [2.05, 4.69) is 15.3 Å². The van der Waals surface area contributed by atoms with E-state index in [0.29, 0.717) is 22.5 Å². The summed E-state index contributed by atoms with van der Waals surface area (Å²) in [5, 5.41) is 5.07. The van der Waals surface area contributed by atoms with Gasteiger partial charge in [0.1, 0.15) is 5.82 Å². The average molecular weight is 404 g/mol. The molecule has 0 spiro atoms. The number of rotatable bonds is 6. The highest BCUT2D eigenvalue weighted by atomic mass is 32.2. The molecular formula is C18H17FN4O2S2. The molecule has 1 atom stereocenters. The molecule has 0 fully saturated rings. The molecule has 0 saturated heterocycles. The number of hydrogen-bond donors (Lipinski definition) is 1. The van der Waals surface area contributed by atoms with Crippen molar-refractivity contribution in [1.82, 2.24) is 14.5 Å². The second-order valence-corrected chi connectivity index (χ2v) is 7.79. The van der Waals surface area contributed by atoms with E-state index in [1.165, 1.54) is 41.3 Å². The fourth-order valence-corrected chi connectivity index (χ4v) is 3.92. The van der Waals surface area contributed by atoms with Crippen LogP contribution in [0, 0.1) is 5.82 Å². The van der Waals surface area contributed by atoms with Crippen LogP contribution in [0.4, 0.5) is 9.52 Å². The van der Waals surface area contributed by atoms with Crippen LogP contribution in [-0.4, -0.2) is 25.7 Å². The Morgan fingerprint density at radius 1 is 1.30 bits per heavy atom. The van der Waals surface area contributed by atoms with Crippen molar-refractivity contribution in [1.29, 1.82) is 0 Å². The molecular weight excluding hydrogens is 387 g/mol. The lowest BCUT2D eigenvalue weighted by atomic mass is 10.2. The largest absolute Gasteiger partial charge is 0.328 e. The maximum absolute atomic E-state index is 13.0. The number of halogens is 1. The number of carbonyl (C=O) groups is 1. The molecule has 9 heteroatoms. The Labute approximate surface area is 163 Å². The Morgan fingerprint density at radius 3 is 2.74 bits per heavy atom. The number of thiazole rings is 1. The van der Waals surface area contributed by atoms with Crippen LogP contribution >= 0.6 is 23.1 Å². The molecule has 1 amide bonds. The molecule has 1 unspecified atom stereocenters. The van der Waals surface area contributed by atoms with Gasteiger partial charge in [0, 0.05) is 29.8 Å². The van der Waals surface area contributed by atoms with Crippen LogP contribution < -0.4 is 10.9 Å². The standard InChI is InChI=1S/C18H17FN4O2S2/c1-3-23-9-8-15(24)21-18(23)27-11(2)16(25)22-17-20-14(10-26-17)12-4-6-13(19)7-5-12/h4-11H,3H2,1-2H3,(H,20,22,25). The predicted molar refractivity (Wildman–Crippen MR) is 106 cm³/mol. The second kappa shape index (κ2) is 8.45. The molecule has 0 saturated carbocycles. The van der Waals surface area contributed by atoms with Crippen LogP contribution in [0.25, 0.3) is 11.3 Å². The molecule has 2 heterocycles. The topological polar surface area (TPSA) is 76.9 Å². The van der Waals surface area contributed by atoms with Gasteiger partial charge in [-0.3, -0.25) is 9.59 Å². The number of aryl methyl sites for hydroxylation is 1. The summed E-state index contributed by atoms with van der Waals surface area (Å²) < 4.78 is 14.8. The van der Waals surface area contributed by atoms with Crippen molar-refractivity contribution < 1.29 is 9.18 Å². The summed E-state index contributed by atoms with van der Waals surface area (Å²) in [5.74, 6) is -0.547. The van der Waals surface area contributed by atoms with Gasteiger partial charge in [-0.25, -0.2) is 9.37 Å². The third kappa shape index (κ3) is 4.81. The number of hydrogen-bond acceptors (Lipinski definition) is 6. The molecule has 0 bridgehead atoms. The van der Waals surface area contributed by atoms with Crippen molar-refractivity contribution in [3.05, 3.63) is 58.1 Å². The minimum Gasteiger partial charge on any atom is -0.328 e. The van der Waals surface area contributed by atoms with Crippen molar-refractivity contribution in [3.63, 3.8) is 0 Å². The Hall–Kier alpha value is -2.52. The third-order valence-corrected chi connectivity index (χ3v) is 5.58. The summed E-state index contributed by atoms with van der Waals surface area (Å²) in [6.45, 7) is 4.33. The number of nitrogens with one attached hydrogen (secondary N) is 1. The van der Waals surface area contributed by atoms with E-state index in [4.69, 9.17) is 0 Å². The first-order chi connectivity index (χ1) is 13.0. The third-order valence-electron chi connectivity index (χ3n) is 3.71. The Kier molecular flexibility index (Phi) is 6.02. The van der Waals surface area contributed by atoms with Gasteiger partial charge in [-0.15, -0.1) is 11.3 Å². The van der Waals surface area contributed by atoms with E-state index in [9.17, 15) is 14.0 Å². The van der Waals surface area contributed by atoms with Gasteiger partial charge < -0.3 is 9.88 Å². The van der Waals surface area contributed by atoms with Gasteiger partial charge in [-0.05, 0) is 38.1 Å². The molecule has 1 aromatic carbocycles. The number of thioether (sulfide) groups is 1. The van der Waals surface area contributed by atoms with Crippen LogP contribution in [0.15, 0.2) is 51.9 Å². The number of amides is 1. The van der Waals surface area contributed by atoms with Crippen molar-refractivity contribution in [3.8, 4) is 11.3 Å². The summed E-state index contributed by atoms with van der Waals surface area (Å²) in [6.07, 6.45) is 1.66. The average Bonchev–Trinajstić information content (AvgIpc) is 3.11. The highest BCUT2D eigenvalue weighted by molar-refractivity contribution is 8.00. The normalized spacial score (nSPS) is 12.0. The molecule has 0 aliphatic heterocycles. The van der Waals surface area contributed by atoms with E-state index in [-0.39, 0.29) is 17.3 Å². The summed E-state index contributed by atoms with van der Waals surface area (Å²) in [5.41, 5.74) is 1.11. The first kappa shape index (κ1) is 19.2. The maximum Gasteiger partial charge on any atom is 0.273 e. The number of anilines is 1. The molecule has 2 aromatic heterocycles. The van der Waals surface area contributed by atoms with Crippen molar-refractivity contribution in [2.45, 2.75) is 30.8 Å². The quantitative estimate of drug-likeness (QED) is 0.501. The summed E-state index contributed by atoms with van der Waals surface area (Å²) in [4.78, 5) is 32.3. The van der Waals surface area contributed by atoms with Crippen LogP contribution in [0.5, 0.6) is 0 Å². The molecule has 6 nitrogen and oxygen atoms in total. The molecule has 140 valence electrons. The highest BCUT2D eigenvalue weighted by Crippen LogP contribution is 2.26. The van der Waals surface area contributed by atoms with Crippen LogP contribution in [0.1, 0.15) is 13.8 Å².